The topological polar surface area (TPSA) is 32.8 Å². The number of hydrogen-bond acceptors (Lipinski definition) is 2. The second-order valence-electron chi connectivity index (χ2n) is 2.42. The van der Waals surface area contributed by atoms with E-state index < -0.39 is 0 Å². The Labute approximate surface area is 55.1 Å². The van der Waals surface area contributed by atoms with Crippen LogP contribution in [0.25, 0.3) is 0 Å². The number of aliphatic hydroxyl groups excluding tert-OH is 1. The van der Waals surface area contributed by atoms with E-state index in [0.29, 0.717) is 5.92 Å². The zero-order valence-corrected chi connectivity index (χ0v) is 5.58. The summed E-state index contributed by atoms with van der Waals surface area (Å²) < 4.78 is 5.10. The van der Waals surface area contributed by atoms with Gasteiger partial charge in [0.05, 0.1) is 12.7 Å². The number of epoxide rings is 1. The van der Waals surface area contributed by atoms with Crippen LogP contribution in [0, 0.1) is 5.92 Å². The molecule has 0 bridgehead atoms. The average Bonchev–Trinajstić information content (AvgIpc) is 2.64. The third-order valence-corrected chi connectivity index (χ3v) is 1.69. The maximum absolute atomic E-state index is 8.56. The van der Waals surface area contributed by atoms with E-state index in [1.54, 1.807) is 0 Å². The van der Waals surface area contributed by atoms with E-state index >= 15 is 0 Å². The molecule has 3 atom stereocenters. The lowest BCUT2D eigenvalue weighted by molar-refractivity contribution is 0.240. The molecular formula is C7H12O2. The Bertz CT molecular complexity index is 111. The van der Waals surface area contributed by atoms with Crippen molar-refractivity contribution in [1.82, 2.24) is 0 Å². The van der Waals surface area contributed by atoms with Crippen LogP contribution < -0.4 is 0 Å². The standard InChI is InChI=1S/C7H12O2/c1-3-5(2)7-6(4-8)9-7/h3,5-8H,1,4H2,2H3/t5-,6-,7-/m0/s1. The molecule has 0 radical (unpaired) electrons. The molecule has 1 saturated heterocycles. The Morgan fingerprint density at radius 1 is 1.89 bits per heavy atom. The van der Waals surface area contributed by atoms with Crippen molar-refractivity contribution in [1.29, 1.82) is 0 Å². The zero-order chi connectivity index (χ0) is 6.85. The predicted molar refractivity (Wildman–Crippen MR) is 35.1 cm³/mol. The van der Waals surface area contributed by atoms with E-state index in [9.17, 15) is 0 Å². The molecule has 52 valence electrons. The van der Waals surface area contributed by atoms with Gasteiger partial charge in [0.25, 0.3) is 0 Å². The molecule has 1 fully saturated rings. The molecule has 0 aromatic heterocycles. The van der Waals surface area contributed by atoms with Gasteiger partial charge < -0.3 is 9.84 Å². The average molecular weight is 128 g/mol. The Hall–Kier alpha value is -0.340. The molecule has 0 unspecified atom stereocenters. The minimum Gasteiger partial charge on any atom is -0.394 e. The van der Waals surface area contributed by atoms with Crippen molar-refractivity contribution in [2.45, 2.75) is 19.1 Å². The minimum absolute atomic E-state index is 0.0815. The van der Waals surface area contributed by atoms with Crippen LogP contribution in [-0.4, -0.2) is 23.9 Å². The summed E-state index contributed by atoms with van der Waals surface area (Å²) >= 11 is 0. The van der Waals surface area contributed by atoms with Crippen molar-refractivity contribution in [2.75, 3.05) is 6.61 Å². The largest absolute Gasteiger partial charge is 0.394 e. The second kappa shape index (κ2) is 2.50. The first kappa shape index (κ1) is 6.78. The van der Waals surface area contributed by atoms with Gasteiger partial charge in [-0.3, -0.25) is 0 Å². The number of hydrogen-bond donors (Lipinski definition) is 1. The second-order valence-corrected chi connectivity index (χ2v) is 2.42. The van der Waals surface area contributed by atoms with Crippen LogP contribution >= 0.6 is 0 Å². The van der Waals surface area contributed by atoms with Crippen molar-refractivity contribution < 1.29 is 9.84 Å². The van der Waals surface area contributed by atoms with Crippen LogP contribution in [0.2, 0.25) is 0 Å². The summed E-state index contributed by atoms with van der Waals surface area (Å²) in [5, 5.41) is 8.56. The Kier molecular flexibility index (Phi) is 1.88. The maximum Gasteiger partial charge on any atom is 0.108 e. The summed E-state index contributed by atoms with van der Waals surface area (Å²) in [4.78, 5) is 0. The molecule has 9 heavy (non-hydrogen) atoms. The highest BCUT2D eigenvalue weighted by Gasteiger charge is 2.40. The first-order valence-corrected chi connectivity index (χ1v) is 3.18. The van der Waals surface area contributed by atoms with Crippen molar-refractivity contribution in [2.24, 2.45) is 5.92 Å². The molecule has 0 saturated carbocycles. The van der Waals surface area contributed by atoms with Gasteiger partial charge in [-0.05, 0) is 0 Å². The predicted octanol–water partition coefficient (Wildman–Crippen LogP) is 0.568. The summed E-state index contributed by atoms with van der Waals surface area (Å²) in [6.45, 7) is 5.81. The summed E-state index contributed by atoms with van der Waals surface area (Å²) in [7, 11) is 0. The number of ether oxygens (including phenoxy) is 1. The van der Waals surface area contributed by atoms with Gasteiger partial charge in [-0.25, -0.2) is 0 Å². The van der Waals surface area contributed by atoms with Crippen LogP contribution in [-0.2, 0) is 4.74 Å². The van der Waals surface area contributed by atoms with Gasteiger partial charge in [-0.1, -0.05) is 13.0 Å². The molecule has 0 aliphatic carbocycles. The first-order chi connectivity index (χ1) is 4.29. The fourth-order valence-electron chi connectivity index (χ4n) is 0.900. The normalized spacial score (nSPS) is 35.8. The van der Waals surface area contributed by atoms with Crippen LogP contribution in [0.1, 0.15) is 6.92 Å². The fourth-order valence-corrected chi connectivity index (χ4v) is 0.900. The van der Waals surface area contributed by atoms with Gasteiger partial charge in [0.15, 0.2) is 0 Å². The van der Waals surface area contributed by atoms with Crippen LogP contribution in [0.3, 0.4) is 0 Å². The molecule has 0 aromatic carbocycles. The molecule has 1 N–H and O–H groups in total. The highest BCUT2D eigenvalue weighted by molar-refractivity contribution is 4.95. The SMILES string of the molecule is C=C[C@H](C)[C@@H]1O[C@H]1CO. The van der Waals surface area contributed by atoms with E-state index in [0.717, 1.165) is 0 Å². The Balaban J connectivity index is 2.24. The molecule has 1 aliphatic heterocycles. The molecular weight excluding hydrogens is 116 g/mol. The maximum atomic E-state index is 8.56. The first-order valence-electron chi connectivity index (χ1n) is 3.18. The van der Waals surface area contributed by atoms with Gasteiger partial charge in [0, 0.05) is 5.92 Å². The van der Waals surface area contributed by atoms with E-state index in [1.165, 1.54) is 0 Å². The van der Waals surface area contributed by atoms with Gasteiger partial charge >= 0.3 is 0 Å². The van der Waals surface area contributed by atoms with Crippen LogP contribution in [0.15, 0.2) is 12.7 Å². The Morgan fingerprint density at radius 3 is 2.89 bits per heavy atom. The van der Waals surface area contributed by atoms with Crippen molar-refractivity contribution in [3.05, 3.63) is 12.7 Å². The molecule has 1 heterocycles. The van der Waals surface area contributed by atoms with Gasteiger partial charge in [-0.2, -0.15) is 0 Å². The van der Waals surface area contributed by atoms with Crippen molar-refractivity contribution in [3.63, 3.8) is 0 Å². The lowest BCUT2D eigenvalue weighted by Crippen LogP contribution is -2.05. The molecule has 0 amide bonds. The third-order valence-electron chi connectivity index (χ3n) is 1.69. The highest BCUT2D eigenvalue weighted by atomic mass is 16.6. The molecule has 2 heteroatoms. The monoisotopic (exact) mass is 128 g/mol. The molecule has 1 rings (SSSR count). The lowest BCUT2D eigenvalue weighted by atomic mass is 10.1. The van der Waals surface area contributed by atoms with Crippen LogP contribution in [0.4, 0.5) is 0 Å². The van der Waals surface area contributed by atoms with Gasteiger partial charge in [0.2, 0.25) is 0 Å². The fraction of sp³-hybridized carbons (Fsp3) is 0.714. The zero-order valence-electron chi connectivity index (χ0n) is 5.58. The number of rotatable bonds is 3. The molecule has 0 spiro atoms. The van der Waals surface area contributed by atoms with E-state index in [4.69, 9.17) is 9.84 Å². The van der Waals surface area contributed by atoms with Crippen molar-refractivity contribution >= 4 is 0 Å². The molecule has 2 nitrogen and oxygen atoms in total. The summed E-state index contributed by atoms with van der Waals surface area (Å²) in [6, 6.07) is 0. The van der Waals surface area contributed by atoms with E-state index in [-0.39, 0.29) is 18.8 Å². The van der Waals surface area contributed by atoms with Gasteiger partial charge in [0.1, 0.15) is 6.10 Å². The smallest absolute Gasteiger partial charge is 0.108 e. The minimum atomic E-state index is 0.0815. The quantitative estimate of drug-likeness (QED) is 0.445. The summed E-state index contributed by atoms with van der Waals surface area (Å²) in [5.41, 5.74) is 0. The van der Waals surface area contributed by atoms with E-state index in [1.807, 2.05) is 13.0 Å². The molecule has 1 aliphatic rings. The summed E-state index contributed by atoms with van der Waals surface area (Å²) in [6.07, 6.45) is 2.16. The Morgan fingerprint density at radius 2 is 2.56 bits per heavy atom. The van der Waals surface area contributed by atoms with Crippen LogP contribution in [0.5, 0.6) is 0 Å². The number of aliphatic hydroxyl groups is 1. The highest BCUT2D eigenvalue weighted by Crippen LogP contribution is 2.29. The molecule has 0 aromatic rings. The third kappa shape index (κ3) is 1.32. The summed E-state index contributed by atoms with van der Waals surface area (Å²) in [5.74, 6) is 0.377. The lowest BCUT2D eigenvalue weighted by Gasteiger charge is -1.96. The van der Waals surface area contributed by atoms with Crippen molar-refractivity contribution in [3.8, 4) is 0 Å². The van der Waals surface area contributed by atoms with E-state index in [2.05, 4.69) is 6.58 Å². The van der Waals surface area contributed by atoms with Gasteiger partial charge in [-0.15, -0.1) is 6.58 Å².